The van der Waals surface area contributed by atoms with Gasteiger partial charge in [-0.15, -0.1) is 0 Å². The Labute approximate surface area is 128 Å². The van der Waals surface area contributed by atoms with Crippen LogP contribution in [-0.2, 0) is 6.42 Å². The van der Waals surface area contributed by atoms with E-state index in [1.807, 2.05) is 13.0 Å². The van der Waals surface area contributed by atoms with E-state index in [4.69, 9.17) is 4.52 Å². The van der Waals surface area contributed by atoms with E-state index in [2.05, 4.69) is 15.1 Å². The Balaban J connectivity index is 1.67. The second-order valence-electron chi connectivity index (χ2n) is 5.70. The number of rotatable bonds is 3. The molecule has 0 bridgehead atoms. The van der Waals surface area contributed by atoms with Gasteiger partial charge in [-0.2, -0.15) is 0 Å². The first-order chi connectivity index (χ1) is 10.5. The summed E-state index contributed by atoms with van der Waals surface area (Å²) in [4.78, 5) is 22.1. The van der Waals surface area contributed by atoms with E-state index in [9.17, 15) is 9.90 Å². The van der Waals surface area contributed by atoms with Crippen LogP contribution in [0.4, 0.5) is 0 Å². The van der Waals surface area contributed by atoms with Crippen molar-refractivity contribution in [2.75, 3.05) is 13.1 Å². The summed E-state index contributed by atoms with van der Waals surface area (Å²) in [7, 11) is 0. The van der Waals surface area contributed by atoms with E-state index >= 15 is 0 Å². The van der Waals surface area contributed by atoms with Crippen LogP contribution in [0, 0.1) is 19.8 Å². The highest BCUT2D eigenvalue weighted by Gasteiger charge is 2.35. The van der Waals surface area contributed by atoms with Gasteiger partial charge < -0.3 is 14.5 Å². The summed E-state index contributed by atoms with van der Waals surface area (Å²) < 4.78 is 5.18. The van der Waals surface area contributed by atoms with Crippen molar-refractivity contribution in [2.24, 2.45) is 5.92 Å². The summed E-state index contributed by atoms with van der Waals surface area (Å²) >= 11 is 0. The Bertz CT molecular complexity index is 668. The van der Waals surface area contributed by atoms with Crippen LogP contribution in [0.5, 0.6) is 0 Å². The van der Waals surface area contributed by atoms with Crippen LogP contribution >= 0.6 is 0 Å². The SMILES string of the molecule is Cc1cc(C[C@@H]2CN(C(=O)c3cnc(C)nc3)C[C@H]2O)on1. The number of β-amino-alcohol motifs (C(OH)–C–C–N with tert-alkyl or cyclic N) is 1. The number of hydrogen-bond donors (Lipinski definition) is 1. The molecule has 7 nitrogen and oxygen atoms in total. The van der Waals surface area contributed by atoms with Crippen molar-refractivity contribution >= 4 is 5.91 Å². The standard InChI is InChI=1S/C15H18N4O3/c1-9-3-13(22-18-9)4-11-7-19(8-14(11)20)15(21)12-5-16-10(2)17-6-12/h3,5-6,11,14,20H,4,7-8H2,1-2H3/t11-,14-/m1/s1. The largest absolute Gasteiger partial charge is 0.391 e. The van der Waals surface area contributed by atoms with Gasteiger partial charge in [0.05, 0.1) is 17.4 Å². The van der Waals surface area contributed by atoms with E-state index in [-0.39, 0.29) is 11.8 Å². The fraction of sp³-hybridized carbons (Fsp3) is 0.467. The van der Waals surface area contributed by atoms with Gasteiger partial charge in [-0.25, -0.2) is 9.97 Å². The molecule has 2 aromatic rings. The molecule has 1 amide bonds. The van der Waals surface area contributed by atoms with E-state index in [0.29, 0.717) is 30.9 Å². The molecule has 22 heavy (non-hydrogen) atoms. The molecule has 1 aliphatic rings. The minimum Gasteiger partial charge on any atom is -0.391 e. The second kappa shape index (κ2) is 5.84. The lowest BCUT2D eigenvalue weighted by atomic mass is 10.0. The topological polar surface area (TPSA) is 92.4 Å². The van der Waals surface area contributed by atoms with Gasteiger partial charge in [0, 0.05) is 43.9 Å². The van der Waals surface area contributed by atoms with Crippen molar-refractivity contribution in [3.63, 3.8) is 0 Å². The Kier molecular flexibility index (Phi) is 3.89. The fourth-order valence-corrected chi connectivity index (χ4v) is 2.68. The Hall–Kier alpha value is -2.28. The van der Waals surface area contributed by atoms with Crippen LogP contribution in [-0.4, -0.2) is 50.2 Å². The molecule has 2 aromatic heterocycles. The van der Waals surface area contributed by atoms with Crippen LogP contribution in [0.25, 0.3) is 0 Å². The molecule has 0 aromatic carbocycles. The molecular weight excluding hydrogens is 284 g/mol. The highest BCUT2D eigenvalue weighted by atomic mass is 16.5. The molecule has 0 spiro atoms. The molecule has 1 N–H and O–H groups in total. The first-order valence-corrected chi connectivity index (χ1v) is 7.21. The second-order valence-corrected chi connectivity index (χ2v) is 5.70. The molecule has 0 unspecified atom stereocenters. The number of aromatic nitrogens is 3. The molecule has 0 aliphatic carbocycles. The van der Waals surface area contributed by atoms with E-state index in [0.717, 1.165) is 11.5 Å². The zero-order chi connectivity index (χ0) is 15.7. The van der Waals surface area contributed by atoms with Gasteiger partial charge in [0.25, 0.3) is 5.91 Å². The predicted molar refractivity (Wildman–Crippen MR) is 77.1 cm³/mol. The molecule has 1 aliphatic heterocycles. The maximum Gasteiger partial charge on any atom is 0.257 e. The van der Waals surface area contributed by atoms with Crippen LogP contribution in [0.15, 0.2) is 23.0 Å². The summed E-state index contributed by atoms with van der Waals surface area (Å²) in [5.74, 6) is 1.14. The van der Waals surface area contributed by atoms with Crippen LogP contribution < -0.4 is 0 Å². The molecule has 3 rings (SSSR count). The number of carbonyl (C=O) groups is 1. The van der Waals surface area contributed by atoms with E-state index in [1.165, 1.54) is 12.4 Å². The molecular formula is C15H18N4O3. The lowest BCUT2D eigenvalue weighted by Crippen LogP contribution is -2.29. The van der Waals surface area contributed by atoms with Gasteiger partial charge in [0.15, 0.2) is 0 Å². The molecule has 116 valence electrons. The van der Waals surface area contributed by atoms with Gasteiger partial charge in [-0.05, 0) is 13.8 Å². The van der Waals surface area contributed by atoms with Crippen molar-refractivity contribution in [3.8, 4) is 0 Å². The van der Waals surface area contributed by atoms with Gasteiger partial charge >= 0.3 is 0 Å². The van der Waals surface area contributed by atoms with Crippen molar-refractivity contribution in [2.45, 2.75) is 26.4 Å². The van der Waals surface area contributed by atoms with Crippen molar-refractivity contribution in [1.29, 1.82) is 0 Å². The smallest absolute Gasteiger partial charge is 0.257 e. The average molecular weight is 302 g/mol. The quantitative estimate of drug-likeness (QED) is 0.899. The van der Waals surface area contributed by atoms with Crippen LogP contribution in [0.1, 0.15) is 27.6 Å². The summed E-state index contributed by atoms with van der Waals surface area (Å²) in [6.45, 7) is 4.41. The Morgan fingerprint density at radius 3 is 2.73 bits per heavy atom. The Morgan fingerprint density at radius 2 is 2.09 bits per heavy atom. The third kappa shape index (κ3) is 2.99. The lowest BCUT2D eigenvalue weighted by Gasteiger charge is -2.15. The van der Waals surface area contributed by atoms with Gasteiger partial charge in [0.1, 0.15) is 11.6 Å². The summed E-state index contributed by atoms with van der Waals surface area (Å²) in [5, 5.41) is 14.0. The molecule has 3 heterocycles. The fourth-order valence-electron chi connectivity index (χ4n) is 2.68. The first-order valence-electron chi connectivity index (χ1n) is 7.21. The summed E-state index contributed by atoms with van der Waals surface area (Å²) in [6, 6.07) is 1.85. The van der Waals surface area contributed by atoms with Crippen LogP contribution in [0.3, 0.4) is 0 Å². The van der Waals surface area contributed by atoms with Crippen molar-refractivity contribution in [3.05, 3.63) is 41.3 Å². The minimum absolute atomic E-state index is 0.0531. The summed E-state index contributed by atoms with van der Waals surface area (Å²) in [5.41, 5.74) is 1.25. The molecule has 7 heteroatoms. The number of amides is 1. The zero-order valence-corrected chi connectivity index (χ0v) is 12.6. The monoisotopic (exact) mass is 302 g/mol. The number of likely N-dealkylation sites (tertiary alicyclic amines) is 1. The van der Waals surface area contributed by atoms with Gasteiger partial charge in [-0.1, -0.05) is 5.16 Å². The Morgan fingerprint density at radius 1 is 1.36 bits per heavy atom. The van der Waals surface area contributed by atoms with Gasteiger partial charge in [-0.3, -0.25) is 4.79 Å². The molecule has 0 radical (unpaired) electrons. The maximum absolute atomic E-state index is 12.4. The number of aliphatic hydroxyl groups is 1. The molecule has 2 atom stereocenters. The van der Waals surface area contributed by atoms with Gasteiger partial charge in [0.2, 0.25) is 0 Å². The van der Waals surface area contributed by atoms with Crippen molar-refractivity contribution in [1.82, 2.24) is 20.0 Å². The zero-order valence-electron chi connectivity index (χ0n) is 12.6. The average Bonchev–Trinajstić information content (AvgIpc) is 3.06. The molecule has 1 fully saturated rings. The first kappa shape index (κ1) is 14.6. The number of aliphatic hydroxyl groups excluding tert-OH is 1. The normalized spacial score (nSPS) is 21.3. The lowest BCUT2D eigenvalue weighted by molar-refractivity contribution is 0.0763. The van der Waals surface area contributed by atoms with Crippen LogP contribution in [0.2, 0.25) is 0 Å². The third-order valence-corrected chi connectivity index (χ3v) is 3.86. The molecule has 0 saturated carbocycles. The maximum atomic E-state index is 12.4. The minimum atomic E-state index is -0.569. The predicted octanol–water partition coefficient (Wildman–Crippen LogP) is 0.757. The molecule has 1 saturated heterocycles. The van der Waals surface area contributed by atoms with E-state index in [1.54, 1.807) is 11.8 Å². The third-order valence-electron chi connectivity index (χ3n) is 3.86. The highest BCUT2D eigenvalue weighted by Crippen LogP contribution is 2.23. The number of nitrogens with zero attached hydrogens (tertiary/aromatic N) is 4. The van der Waals surface area contributed by atoms with Crippen molar-refractivity contribution < 1.29 is 14.4 Å². The van der Waals surface area contributed by atoms with E-state index < -0.39 is 6.10 Å². The number of hydrogen-bond acceptors (Lipinski definition) is 6. The highest BCUT2D eigenvalue weighted by molar-refractivity contribution is 5.93. The number of aryl methyl sites for hydroxylation is 2. The summed E-state index contributed by atoms with van der Waals surface area (Å²) in [6.07, 6.45) is 3.03. The number of carbonyl (C=O) groups excluding carboxylic acids is 1.